The van der Waals surface area contributed by atoms with Crippen LogP contribution in [-0.2, 0) is 0 Å². The van der Waals surface area contributed by atoms with Crippen molar-refractivity contribution in [3.05, 3.63) is 35.7 Å². The van der Waals surface area contributed by atoms with Gasteiger partial charge in [0.25, 0.3) is 0 Å². The van der Waals surface area contributed by atoms with Gasteiger partial charge in [0.15, 0.2) is 0 Å². The van der Waals surface area contributed by atoms with E-state index in [2.05, 4.69) is 10.1 Å². The van der Waals surface area contributed by atoms with Gasteiger partial charge < -0.3 is 5.21 Å². The van der Waals surface area contributed by atoms with Gasteiger partial charge in [-0.25, -0.2) is 0 Å². The molecule has 0 unspecified atom stereocenters. The second-order valence-electron chi connectivity index (χ2n) is 2.80. The van der Waals surface area contributed by atoms with Gasteiger partial charge >= 0.3 is 0 Å². The molecule has 0 aromatic carbocycles. The Kier molecular flexibility index (Phi) is 3.20. The maximum Gasteiger partial charge on any atom is 0.0794 e. The van der Waals surface area contributed by atoms with E-state index in [1.807, 2.05) is 25.1 Å². The summed E-state index contributed by atoms with van der Waals surface area (Å²) >= 11 is 0. The molecule has 1 N–H and O–H groups in total. The Morgan fingerprint density at radius 1 is 1.54 bits per heavy atom. The zero-order valence-corrected chi connectivity index (χ0v) is 7.73. The van der Waals surface area contributed by atoms with Crippen LogP contribution in [0.25, 0.3) is 6.08 Å². The summed E-state index contributed by atoms with van der Waals surface area (Å²) < 4.78 is 0. The van der Waals surface area contributed by atoms with E-state index in [0.29, 0.717) is 5.71 Å². The van der Waals surface area contributed by atoms with Crippen LogP contribution < -0.4 is 0 Å². The lowest BCUT2D eigenvalue weighted by Crippen LogP contribution is -1.92. The maximum absolute atomic E-state index is 8.51. The lowest BCUT2D eigenvalue weighted by Gasteiger charge is -1.97. The van der Waals surface area contributed by atoms with Crippen LogP contribution in [0.1, 0.15) is 19.4 Å². The molecule has 0 bridgehead atoms. The van der Waals surface area contributed by atoms with Crippen LogP contribution in [0.2, 0.25) is 0 Å². The smallest absolute Gasteiger partial charge is 0.0794 e. The van der Waals surface area contributed by atoms with Gasteiger partial charge in [0.1, 0.15) is 0 Å². The third kappa shape index (κ3) is 2.71. The van der Waals surface area contributed by atoms with E-state index >= 15 is 0 Å². The van der Waals surface area contributed by atoms with Crippen LogP contribution in [0.4, 0.5) is 0 Å². The van der Waals surface area contributed by atoms with Crippen LogP contribution in [0, 0.1) is 0 Å². The van der Waals surface area contributed by atoms with Gasteiger partial charge in [-0.2, -0.15) is 0 Å². The summed E-state index contributed by atoms with van der Waals surface area (Å²) in [5.41, 5.74) is 2.54. The summed E-state index contributed by atoms with van der Waals surface area (Å²) in [4.78, 5) is 3.98. The summed E-state index contributed by atoms with van der Waals surface area (Å²) in [5, 5.41) is 11.6. The molecule has 0 saturated carbocycles. The van der Waals surface area contributed by atoms with Crippen LogP contribution >= 0.6 is 0 Å². The molecule has 0 aliphatic rings. The first-order valence-corrected chi connectivity index (χ1v) is 4.01. The average Bonchev–Trinajstić information content (AvgIpc) is 2.18. The number of nitrogens with zero attached hydrogens (tertiary/aromatic N) is 2. The Hall–Kier alpha value is -1.64. The van der Waals surface area contributed by atoms with Crippen molar-refractivity contribution < 1.29 is 5.21 Å². The zero-order chi connectivity index (χ0) is 9.68. The monoisotopic (exact) mass is 176 g/mol. The molecule has 1 rings (SSSR count). The lowest BCUT2D eigenvalue weighted by atomic mass is 10.1. The molecule has 3 nitrogen and oxygen atoms in total. The molecule has 13 heavy (non-hydrogen) atoms. The summed E-state index contributed by atoms with van der Waals surface area (Å²) in [6, 6.07) is 3.81. The molecule has 0 spiro atoms. The topological polar surface area (TPSA) is 45.5 Å². The fraction of sp³-hybridized carbons (Fsp3) is 0.200. The van der Waals surface area contributed by atoms with E-state index in [1.54, 1.807) is 19.3 Å². The third-order valence-corrected chi connectivity index (χ3v) is 1.79. The Labute approximate surface area is 77.4 Å². The van der Waals surface area contributed by atoms with Gasteiger partial charge in [-0.15, -0.1) is 0 Å². The second-order valence-corrected chi connectivity index (χ2v) is 2.80. The molecule has 3 heteroatoms. The summed E-state index contributed by atoms with van der Waals surface area (Å²) in [5.74, 6) is 0. The highest BCUT2D eigenvalue weighted by Crippen LogP contribution is 2.05. The van der Waals surface area contributed by atoms with Crippen molar-refractivity contribution in [3.63, 3.8) is 0 Å². The number of oxime groups is 1. The molecular formula is C10H12N2O. The molecule has 0 fully saturated rings. The zero-order valence-electron chi connectivity index (χ0n) is 7.73. The number of rotatable bonds is 2. The summed E-state index contributed by atoms with van der Waals surface area (Å²) in [6.45, 7) is 3.64. The van der Waals surface area contributed by atoms with Gasteiger partial charge in [-0.05, 0) is 37.1 Å². The summed E-state index contributed by atoms with van der Waals surface area (Å²) in [7, 11) is 0. The van der Waals surface area contributed by atoms with Crippen LogP contribution in [0.5, 0.6) is 0 Å². The normalized spacial score (nSPS) is 13.1. The van der Waals surface area contributed by atoms with Gasteiger partial charge in [0, 0.05) is 12.4 Å². The third-order valence-electron chi connectivity index (χ3n) is 1.79. The van der Waals surface area contributed by atoms with Crippen LogP contribution in [0.15, 0.2) is 35.3 Å². The number of hydrogen-bond acceptors (Lipinski definition) is 3. The number of aromatic nitrogens is 1. The molecule has 0 aliphatic heterocycles. The lowest BCUT2D eigenvalue weighted by molar-refractivity contribution is 0.319. The van der Waals surface area contributed by atoms with Crippen LogP contribution in [-0.4, -0.2) is 15.9 Å². The van der Waals surface area contributed by atoms with Crippen molar-refractivity contribution in [1.29, 1.82) is 0 Å². The predicted octanol–water partition coefficient (Wildman–Crippen LogP) is 2.33. The number of pyridine rings is 1. The van der Waals surface area contributed by atoms with E-state index in [1.165, 1.54) is 0 Å². The van der Waals surface area contributed by atoms with Gasteiger partial charge in [-0.1, -0.05) is 11.2 Å². The SMILES string of the molecule is CC(=Cc1cccnc1)C(C)=NO. The second kappa shape index (κ2) is 4.40. The van der Waals surface area contributed by atoms with Crippen molar-refractivity contribution in [2.75, 3.05) is 0 Å². The van der Waals surface area contributed by atoms with Crippen molar-refractivity contribution in [2.45, 2.75) is 13.8 Å². The molecule has 1 heterocycles. The first-order valence-electron chi connectivity index (χ1n) is 4.01. The minimum absolute atomic E-state index is 0.615. The average molecular weight is 176 g/mol. The van der Waals surface area contributed by atoms with Gasteiger partial charge in [0.05, 0.1) is 5.71 Å². The van der Waals surface area contributed by atoms with Crippen molar-refractivity contribution in [2.24, 2.45) is 5.16 Å². The highest BCUT2D eigenvalue weighted by Gasteiger charge is 1.94. The van der Waals surface area contributed by atoms with E-state index in [4.69, 9.17) is 5.21 Å². The first kappa shape index (κ1) is 9.45. The van der Waals surface area contributed by atoms with Crippen molar-refractivity contribution in [1.82, 2.24) is 4.98 Å². The Bertz CT molecular complexity index is 328. The standard InChI is InChI=1S/C10H12N2O/c1-8(9(2)12-13)6-10-4-3-5-11-7-10/h3-7,13H,1-2H3. The van der Waals surface area contributed by atoms with E-state index in [9.17, 15) is 0 Å². The minimum atomic E-state index is 0.615. The highest BCUT2D eigenvalue weighted by molar-refractivity contribution is 6.00. The maximum atomic E-state index is 8.51. The molecule has 0 amide bonds. The van der Waals surface area contributed by atoms with Crippen molar-refractivity contribution >= 4 is 11.8 Å². The van der Waals surface area contributed by atoms with E-state index in [-0.39, 0.29) is 0 Å². The van der Waals surface area contributed by atoms with E-state index < -0.39 is 0 Å². The molecule has 0 aliphatic carbocycles. The number of allylic oxidation sites excluding steroid dienone is 1. The Balaban J connectivity index is 2.89. The molecule has 0 radical (unpaired) electrons. The highest BCUT2D eigenvalue weighted by atomic mass is 16.4. The first-order chi connectivity index (χ1) is 6.24. The summed E-state index contributed by atoms with van der Waals surface area (Å²) in [6.07, 6.45) is 5.40. The molecule has 0 atom stereocenters. The largest absolute Gasteiger partial charge is 0.411 e. The predicted molar refractivity (Wildman–Crippen MR) is 52.8 cm³/mol. The fourth-order valence-electron chi connectivity index (χ4n) is 0.895. The Morgan fingerprint density at radius 3 is 2.85 bits per heavy atom. The van der Waals surface area contributed by atoms with Crippen molar-refractivity contribution in [3.8, 4) is 0 Å². The van der Waals surface area contributed by atoms with Crippen LogP contribution in [0.3, 0.4) is 0 Å². The van der Waals surface area contributed by atoms with Gasteiger partial charge in [0.2, 0.25) is 0 Å². The molecular weight excluding hydrogens is 164 g/mol. The minimum Gasteiger partial charge on any atom is -0.411 e. The Morgan fingerprint density at radius 2 is 2.31 bits per heavy atom. The molecule has 1 aromatic rings. The number of hydrogen-bond donors (Lipinski definition) is 1. The van der Waals surface area contributed by atoms with Gasteiger partial charge in [-0.3, -0.25) is 4.98 Å². The molecule has 0 saturated heterocycles. The molecule has 1 aromatic heterocycles. The molecule has 68 valence electrons. The fourth-order valence-corrected chi connectivity index (χ4v) is 0.895. The quantitative estimate of drug-likeness (QED) is 0.427. The van der Waals surface area contributed by atoms with E-state index in [0.717, 1.165) is 11.1 Å².